The third-order valence-electron chi connectivity index (χ3n) is 4.67. The Kier molecular flexibility index (Phi) is 5.03. The lowest BCUT2D eigenvalue weighted by molar-refractivity contribution is 0.866. The molecule has 5 heteroatoms. The molecule has 0 amide bonds. The first-order valence-corrected chi connectivity index (χ1v) is 10.1. The number of nitrogens with one attached hydrogen (secondary N) is 1. The van der Waals surface area contributed by atoms with Crippen LogP contribution in [0.5, 0.6) is 0 Å². The maximum atomic E-state index is 4.76. The molecule has 0 aliphatic carbocycles. The molecule has 0 spiro atoms. The molecule has 0 unspecified atom stereocenters. The Morgan fingerprint density at radius 1 is 0.963 bits per heavy atom. The molecule has 0 bridgehead atoms. The lowest BCUT2D eigenvalue weighted by Crippen LogP contribution is -2.21. The van der Waals surface area contributed by atoms with Crippen LogP contribution in [0.25, 0.3) is 22.2 Å². The van der Waals surface area contributed by atoms with E-state index in [0.29, 0.717) is 0 Å². The molecular formula is C22H22N4S. The van der Waals surface area contributed by atoms with Crippen LogP contribution in [0.2, 0.25) is 0 Å². The van der Waals surface area contributed by atoms with Gasteiger partial charge in [-0.3, -0.25) is 4.98 Å². The Morgan fingerprint density at radius 3 is 2.52 bits per heavy atom. The van der Waals surface area contributed by atoms with Crippen molar-refractivity contribution in [3.8, 4) is 11.3 Å². The van der Waals surface area contributed by atoms with Crippen molar-refractivity contribution in [1.29, 1.82) is 0 Å². The van der Waals surface area contributed by atoms with E-state index in [1.807, 2.05) is 24.4 Å². The summed E-state index contributed by atoms with van der Waals surface area (Å²) in [7, 11) is 0. The van der Waals surface area contributed by atoms with Gasteiger partial charge in [-0.15, -0.1) is 11.3 Å². The van der Waals surface area contributed by atoms with Crippen molar-refractivity contribution in [3.63, 3.8) is 0 Å². The number of anilines is 3. The number of thiazole rings is 1. The van der Waals surface area contributed by atoms with E-state index < -0.39 is 0 Å². The number of hydrogen-bond donors (Lipinski definition) is 1. The molecule has 1 N–H and O–H groups in total. The Balaban J connectivity index is 1.56. The molecular weight excluding hydrogens is 352 g/mol. The molecule has 27 heavy (non-hydrogen) atoms. The van der Waals surface area contributed by atoms with Gasteiger partial charge in [0.2, 0.25) is 0 Å². The minimum Gasteiger partial charge on any atom is -0.372 e. The third kappa shape index (κ3) is 3.64. The smallest absolute Gasteiger partial charge is 0.187 e. The highest BCUT2D eigenvalue weighted by Gasteiger charge is 2.08. The number of fused-ring (bicyclic) bond motifs is 1. The molecule has 136 valence electrons. The molecule has 2 heterocycles. The summed E-state index contributed by atoms with van der Waals surface area (Å²) in [6, 6.07) is 18.8. The summed E-state index contributed by atoms with van der Waals surface area (Å²) in [5.41, 5.74) is 5.30. The highest BCUT2D eigenvalue weighted by molar-refractivity contribution is 7.14. The van der Waals surface area contributed by atoms with Crippen molar-refractivity contribution in [2.45, 2.75) is 13.8 Å². The maximum absolute atomic E-state index is 4.76. The van der Waals surface area contributed by atoms with Gasteiger partial charge in [0, 0.05) is 41.3 Å². The summed E-state index contributed by atoms with van der Waals surface area (Å²) in [6.07, 6.45) is 1.82. The van der Waals surface area contributed by atoms with Crippen LogP contribution in [-0.2, 0) is 0 Å². The standard InChI is InChI=1S/C22H22N4S/c1-3-26(4-2)18-12-10-16(11-13-18)20-15-27-22(25-20)24-19-9-5-7-17-8-6-14-23-21(17)19/h5-15H,3-4H2,1-2H3,(H,24,25). The molecule has 0 aliphatic rings. The van der Waals surface area contributed by atoms with Gasteiger partial charge in [0.1, 0.15) is 0 Å². The molecule has 0 fully saturated rings. The van der Waals surface area contributed by atoms with Crippen LogP contribution in [0, 0.1) is 0 Å². The lowest BCUT2D eigenvalue weighted by atomic mass is 10.1. The third-order valence-corrected chi connectivity index (χ3v) is 5.43. The maximum Gasteiger partial charge on any atom is 0.187 e. The SMILES string of the molecule is CCN(CC)c1ccc(-c2csc(Nc3cccc4cccnc34)n2)cc1. The fourth-order valence-electron chi connectivity index (χ4n) is 3.22. The average Bonchev–Trinajstić information content (AvgIpc) is 3.18. The van der Waals surface area contributed by atoms with Gasteiger partial charge in [-0.25, -0.2) is 4.98 Å². The molecule has 4 aromatic rings. The first kappa shape index (κ1) is 17.5. The van der Waals surface area contributed by atoms with E-state index in [1.54, 1.807) is 11.3 Å². The number of nitrogens with zero attached hydrogens (tertiary/aromatic N) is 3. The van der Waals surface area contributed by atoms with Gasteiger partial charge in [0.15, 0.2) is 5.13 Å². The summed E-state index contributed by atoms with van der Waals surface area (Å²) in [5.74, 6) is 0. The summed E-state index contributed by atoms with van der Waals surface area (Å²) in [6.45, 7) is 6.38. The van der Waals surface area contributed by atoms with Gasteiger partial charge in [0.25, 0.3) is 0 Å². The zero-order valence-electron chi connectivity index (χ0n) is 15.5. The largest absolute Gasteiger partial charge is 0.372 e. The summed E-state index contributed by atoms with van der Waals surface area (Å²) in [5, 5.41) is 7.50. The van der Waals surface area contributed by atoms with Crippen LogP contribution in [0.3, 0.4) is 0 Å². The van der Waals surface area contributed by atoms with Crippen molar-refractivity contribution < 1.29 is 0 Å². The monoisotopic (exact) mass is 374 g/mol. The number of rotatable bonds is 6. The minimum atomic E-state index is 0.871. The van der Waals surface area contributed by atoms with E-state index in [-0.39, 0.29) is 0 Å². The van der Waals surface area contributed by atoms with Gasteiger partial charge in [-0.05, 0) is 38.1 Å². The second kappa shape index (κ2) is 7.76. The van der Waals surface area contributed by atoms with Crippen molar-refractivity contribution in [3.05, 3.63) is 66.2 Å². The van der Waals surface area contributed by atoms with Gasteiger partial charge < -0.3 is 10.2 Å². The van der Waals surface area contributed by atoms with Gasteiger partial charge in [-0.2, -0.15) is 0 Å². The van der Waals surface area contributed by atoms with Crippen molar-refractivity contribution in [2.75, 3.05) is 23.3 Å². The summed E-state index contributed by atoms with van der Waals surface area (Å²) < 4.78 is 0. The van der Waals surface area contributed by atoms with Gasteiger partial charge in [-0.1, -0.05) is 30.3 Å². The average molecular weight is 375 g/mol. The van der Waals surface area contributed by atoms with Crippen molar-refractivity contribution in [1.82, 2.24) is 9.97 Å². The van der Waals surface area contributed by atoms with Crippen LogP contribution < -0.4 is 10.2 Å². The van der Waals surface area contributed by atoms with Crippen LogP contribution in [0.4, 0.5) is 16.5 Å². The molecule has 0 aliphatic heterocycles. The molecule has 2 aromatic carbocycles. The minimum absolute atomic E-state index is 0.871. The van der Waals surface area contributed by atoms with Gasteiger partial charge in [0.05, 0.1) is 16.9 Å². The molecule has 2 aromatic heterocycles. The van der Waals surface area contributed by atoms with Crippen LogP contribution >= 0.6 is 11.3 Å². The van der Waals surface area contributed by atoms with Crippen LogP contribution in [0.15, 0.2) is 66.2 Å². The highest BCUT2D eigenvalue weighted by atomic mass is 32.1. The zero-order chi connectivity index (χ0) is 18.6. The number of benzene rings is 2. The fraction of sp³-hybridized carbons (Fsp3) is 0.182. The van der Waals surface area contributed by atoms with Crippen molar-refractivity contribution in [2.24, 2.45) is 0 Å². The second-order valence-corrected chi connectivity index (χ2v) is 7.12. The van der Waals surface area contributed by atoms with E-state index in [9.17, 15) is 0 Å². The molecule has 0 atom stereocenters. The fourth-order valence-corrected chi connectivity index (χ4v) is 3.95. The second-order valence-electron chi connectivity index (χ2n) is 6.26. The summed E-state index contributed by atoms with van der Waals surface area (Å²) in [4.78, 5) is 11.6. The van der Waals surface area contributed by atoms with Gasteiger partial charge >= 0.3 is 0 Å². The molecule has 0 saturated carbocycles. The first-order valence-electron chi connectivity index (χ1n) is 9.20. The topological polar surface area (TPSA) is 41.0 Å². The zero-order valence-corrected chi connectivity index (χ0v) is 16.3. The number of para-hydroxylation sites is 1. The number of hydrogen-bond acceptors (Lipinski definition) is 5. The Hall–Kier alpha value is -2.92. The number of pyridine rings is 1. The Labute approximate surface area is 163 Å². The normalized spacial score (nSPS) is 10.9. The van der Waals surface area contributed by atoms with E-state index in [2.05, 4.69) is 70.8 Å². The van der Waals surface area contributed by atoms with Crippen molar-refractivity contribution >= 4 is 38.7 Å². The van der Waals surface area contributed by atoms with Crippen LogP contribution in [0.1, 0.15) is 13.8 Å². The predicted molar refractivity (Wildman–Crippen MR) is 116 cm³/mol. The molecule has 0 radical (unpaired) electrons. The van der Waals surface area contributed by atoms with E-state index in [4.69, 9.17) is 4.98 Å². The molecule has 4 rings (SSSR count). The lowest BCUT2D eigenvalue weighted by Gasteiger charge is -2.20. The van der Waals surface area contributed by atoms with E-state index >= 15 is 0 Å². The highest BCUT2D eigenvalue weighted by Crippen LogP contribution is 2.30. The van der Waals surface area contributed by atoms with Crippen LogP contribution in [-0.4, -0.2) is 23.1 Å². The molecule has 0 saturated heterocycles. The first-order chi connectivity index (χ1) is 13.3. The summed E-state index contributed by atoms with van der Waals surface area (Å²) >= 11 is 1.61. The van der Waals surface area contributed by atoms with E-state index in [0.717, 1.165) is 46.1 Å². The predicted octanol–water partition coefficient (Wildman–Crippen LogP) is 5.95. The Bertz CT molecular complexity index is 1030. The quantitative estimate of drug-likeness (QED) is 0.453. The Morgan fingerprint density at radius 2 is 1.74 bits per heavy atom. The molecule has 4 nitrogen and oxygen atoms in total. The number of aromatic nitrogens is 2. The van der Waals surface area contributed by atoms with E-state index in [1.165, 1.54) is 5.69 Å².